The zero-order valence-electron chi connectivity index (χ0n) is 11.8. The lowest BCUT2D eigenvalue weighted by molar-refractivity contribution is -0.144. The Morgan fingerprint density at radius 1 is 1.35 bits per heavy atom. The van der Waals surface area contributed by atoms with Crippen molar-refractivity contribution in [3.05, 3.63) is 46.3 Å². The number of nitrogens with zero attached hydrogens (tertiary/aromatic N) is 2. The van der Waals surface area contributed by atoms with E-state index in [1.165, 1.54) is 17.5 Å². The first-order valence-corrected chi connectivity index (χ1v) is 8.95. The number of nitrogens with two attached hydrogens (primary N) is 1. The second kappa shape index (κ2) is 7.29. The highest BCUT2D eigenvalue weighted by Crippen LogP contribution is 2.22. The number of carbonyl (C=O) groups excluding carboxylic acids is 1. The van der Waals surface area contributed by atoms with Crippen molar-refractivity contribution < 1.29 is 17.9 Å². The lowest BCUT2D eigenvalue weighted by atomic mass is 10.2. The first-order chi connectivity index (χ1) is 10.9. The van der Waals surface area contributed by atoms with Gasteiger partial charge in [-0.25, -0.2) is 18.2 Å². The molecule has 2 aromatic rings. The van der Waals surface area contributed by atoms with Crippen molar-refractivity contribution in [1.29, 1.82) is 0 Å². The summed E-state index contributed by atoms with van der Waals surface area (Å²) in [6.45, 7) is -0.387. The maximum Gasteiger partial charge on any atom is 0.340 e. The molecule has 1 atom stereocenters. The van der Waals surface area contributed by atoms with Crippen LogP contribution in [0.25, 0.3) is 0 Å². The molecule has 2 rings (SSSR count). The highest BCUT2D eigenvalue weighted by Gasteiger charge is 2.26. The van der Waals surface area contributed by atoms with Crippen LogP contribution < -0.4 is 5.73 Å². The number of ether oxygens (including phenoxy) is 1. The van der Waals surface area contributed by atoms with Gasteiger partial charge in [0, 0.05) is 5.38 Å². The molecule has 1 aromatic carbocycles. The van der Waals surface area contributed by atoms with Crippen LogP contribution >= 0.6 is 11.3 Å². The van der Waals surface area contributed by atoms with E-state index in [0.29, 0.717) is 0 Å². The van der Waals surface area contributed by atoms with E-state index in [1.54, 1.807) is 18.2 Å². The monoisotopic (exact) mass is 355 g/mol. The van der Waals surface area contributed by atoms with Gasteiger partial charge in [0.1, 0.15) is 6.61 Å². The van der Waals surface area contributed by atoms with E-state index in [-0.39, 0.29) is 22.3 Å². The molecule has 2 N–H and O–H groups in total. The van der Waals surface area contributed by atoms with Crippen molar-refractivity contribution in [1.82, 2.24) is 4.98 Å². The molecule has 122 valence electrons. The molecule has 0 saturated heterocycles. The Kier molecular flexibility index (Phi) is 5.40. The maximum atomic E-state index is 12.0. The number of nitrogen functional groups attached to an aromatic ring is 1. The number of carbonyl (C=O) groups is 1. The van der Waals surface area contributed by atoms with Crippen LogP contribution in [0.2, 0.25) is 0 Å². The minimum atomic E-state index is -3.57. The number of nitroso groups, excluding NO2 is 1. The van der Waals surface area contributed by atoms with Crippen molar-refractivity contribution in [2.75, 3.05) is 18.1 Å². The van der Waals surface area contributed by atoms with E-state index in [0.717, 1.165) is 11.3 Å². The van der Waals surface area contributed by atoms with Gasteiger partial charge < -0.3 is 10.5 Å². The number of rotatable bonds is 7. The van der Waals surface area contributed by atoms with Crippen LogP contribution in [0.15, 0.2) is 45.8 Å². The number of hydrogen-bond acceptors (Lipinski definition) is 9. The van der Waals surface area contributed by atoms with E-state index in [4.69, 9.17) is 10.5 Å². The minimum Gasteiger partial charge on any atom is -0.463 e. The smallest absolute Gasteiger partial charge is 0.340 e. The average Bonchev–Trinajstić information content (AvgIpc) is 2.95. The molecule has 0 spiro atoms. The van der Waals surface area contributed by atoms with Crippen molar-refractivity contribution in [3.8, 4) is 0 Å². The number of esters is 1. The lowest BCUT2D eigenvalue weighted by Gasteiger charge is -2.08. The molecule has 1 aromatic heterocycles. The molecule has 8 nitrogen and oxygen atoms in total. The van der Waals surface area contributed by atoms with E-state index < -0.39 is 27.6 Å². The molecule has 0 aliphatic carbocycles. The molecular formula is C13H13N3O5S2. The van der Waals surface area contributed by atoms with Gasteiger partial charge in [0.05, 0.1) is 16.3 Å². The van der Waals surface area contributed by atoms with Gasteiger partial charge in [-0.1, -0.05) is 18.2 Å². The Morgan fingerprint density at radius 3 is 2.61 bits per heavy atom. The summed E-state index contributed by atoms with van der Waals surface area (Å²) in [5, 5.41) is 4.27. The zero-order chi connectivity index (χ0) is 16.9. The fourth-order valence-corrected chi connectivity index (χ4v) is 3.41. The van der Waals surface area contributed by atoms with Crippen LogP contribution in [0.1, 0.15) is 11.7 Å². The number of anilines is 1. The molecule has 0 aliphatic heterocycles. The Morgan fingerprint density at radius 2 is 2.04 bits per heavy atom. The Labute approximate surface area is 136 Å². The summed E-state index contributed by atoms with van der Waals surface area (Å²) in [6.07, 6.45) is 0. The predicted octanol–water partition coefficient (Wildman–Crippen LogP) is 1.55. The summed E-state index contributed by atoms with van der Waals surface area (Å²) in [7, 11) is -3.57. The SMILES string of the molecule is Nc1nc(C(N=O)C(=O)OCCS(=O)(=O)c2ccccc2)cs1. The normalized spacial score (nSPS) is 12.5. The van der Waals surface area contributed by atoms with Crippen LogP contribution in [-0.2, 0) is 19.4 Å². The second-order valence-electron chi connectivity index (χ2n) is 4.42. The molecule has 1 heterocycles. The van der Waals surface area contributed by atoms with Crippen LogP contribution in [-0.4, -0.2) is 31.7 Å². The van der Waals surface area contributed by atoms with E-state index in [2.05, 4.69) is 10.2 Å². The third-order valence-electron chi connectivity index (χ3n) is 2.85. The van der Waals surface area contributed by atoms with E-state index in [9.17, 15) is 18.1 Å². The van der Waals surface area contributed by atoms with Gasteiger partial charge in [-0.3, -0.25) is 0 Å². The van der Waals surface area contributed by atoms with Crippen molar-refractivity contribution >= 4 is 32.3 Å². The molecule has 0 fully saturated rings. The maximum absolute atomic E-state index is 12.0. The fraction of sp³-hybridized carbons (Fsp3) is 0.231. The van der Waals surface area contributed by atoms with Crippen molar-refractivity contribution in [2.45, 2.75) is 10.9 Å². The summed E-state index contributed by atoms with van der Waals surface area (Å²) < 4.78 is 28.9. The lowest BCUT2D eigenvalue weighted by Crippen LogP contribution is -2.19. The zero-order valence-corrected chi connectivity index (χ0v) is 13.4. The van der Waals surface area contributed by atoms with Gasteiger partial charge >= 0.3 is 5.97 Å². The van der Waals surface area contributed by atoms with Gasteiger partial charge in [-0.2, -0.15) is 0 Å². The van der Waals surface area contributed by atoms with Crippen molar-refractivity contribution in [2.24, 2.45) is 5.18 Å². The van der Waals surface area contributed by atoms with Crippen LogP contribution in [0.4, 0.5) is 5.13 Å². The first-order valence-electron chi connectivity index (χ1n) is 6.42. The molecule has 0 saturated carbocycles. The van der Waals surface area contributed by atoms with E-state index in [1.807, 2.05) is 0 Å². The largest absolute Gasteiger partial charge is 0.463 e. The van der Waals surface area contributed by atoms with Gasteiger partial charge in [-0.05, 0) is 17.3 Å². The molecule has 0 bridgehead atoms. The summed E-state index contributed by atoms with van der Waals surface area (Å²) in [5.41, 5.74) is 5.51. The fourth-order valence-electron chi connectivity index (χ4n) is 1.72. The summed E-state index contributed by atoms with van der Waals surface area (Å²) in [6, 6.07) is 6.33. The first kappa shape index (κ1) is 17.0. The predicted molar refractivity (Wildman–Crippen MR) is 84.5 cm³/mol. The average molecular weight is 355 g/mol. The molecule has 0 radical (unpaired) electrons. The number of thiazole rings is 1. The van der Waals surface area contributed by atoms with Crippen molar-refractivity contribution in [3.63, 3.8) is 0 Å². The number of sulfone groups is 1. The Bertz CT molecular complexity index is 789. The summed E-state index contributed by atoms with van der Waals surface area (Å²) in [5.74, 6) is -1.36. The quantitative estimate of drug-likeness (QED) is 0.589. The number of benzene rings is 1. The third kappa shape index (κ3) is 4.33. The highest BCUT2D eigenvalue weighted by molar-refractivity contribution is 7.91. The van der Waals surface area contributed by atoms with Gasteiger partial charge in [0.2, 0.25) is 6.04 Å². The minimum absolute atomic E-state index is 0.0819. The summed E-state index contributed by atoms with van der Waals surface area (Å²) >= 11 is 1.06. The Hall–Kier alpha value is -2.33. The van der Waals surface area contributed by atoms with Gasteiger partial charge in [0.15, 0.2) is 15.0 Å². The van der Waals surface area contributed by atoms with Crippen LogP contribution in [0, 0.1) is 4.91 Å². The molecule has 1 unspecified atom stereocenters. The topological polar surface area (TPSA) is 129 Å². The molecular weight excluding hydrogens is 342 g/mol. The molecule has 10 heteroatoms. The molecule has 23 heavy (non-hydrogen) atoms. The highest BCUT2D eigenvalue weighted by atomic mass is 32.2. The summed E-state index contributed by atoms with van der Waals surface area (Å²) in [4.78, 5) is 26.5. The van der Waals surface area contributed by atoms with Gasteiger partial charge in [-0.15, -0.1) is 16.2 Å². The molecule has 0 aliphatic rings. The number of aromatic nitrogens is 1. The number of hydrogen-bond donors (Lipinski definition) is 1. The van der Waals surface area contributed by atoms with E-state index >= 15 is 0 Å². The van der Waals surface area contributed by atoms with Crippen LogP contribution in [0.5, 0.6) is 0 Å². The molecule has 0 amide bonds. The van der Waals surface area contributed by atoms with Crippen LogP contribution in [0.3, 0.4) is 0 Å². The standard InChI is InChI=1S/C13H13N3O5S2/c14-13-15-10(8-22-13)11(16-18)12(17)21-6-7-23(19,20)9-4-2-1-3-5-9/h1-5,8,11H,6-7H2,(H2,14,15). The third-order valence-corrected chi connectivity index (χ3v) is 5.23. The second-order valence-corrected chi connectivity index (χ2v) is 7.42. The van der Waals surface area contributed by atoms with Gasteiger partial charge in [0.25, 0.3) is 0 Å². The Balaban J connectivity index is 1.95.